The van der Waals surface area contributed by atoms with Crippen molar-refractivity contribution in [1.29, 1.82) is 0 Å². The van der Waals surface area contributed by atoms with Gasteiger partial charge in [-0.25, -0.2) is 4.79 Å². The number of hydrogen-bond acceptors (Lipinski definition) is 5. The van der Waals surface area contributed by atoms with Crippen molar-refractivity contribution >= 4 is 5.97 Å². The smallest absolute Gasteiger partial charge is 0.333 e. The summed E-state index contributed by atoms with van der Waals surface area (Å²) in [5, 5.41) is 35.2. The first kappa shape index (κ1) is 9.40. The molecule has 0 bridgehead atoms. The molecule has 0 aromatic heterocycles. The lowest BCUT2D eigenvalue weighted by atomic mass is 10.0. The molecule has 1 fully saturated rings. The second-order valence-corrected chi connectivity index (χ2v) is 2.65. The number of ether oxygens (including phenoxy) is 1. The molecule has 70 valence electrons. The van der Waals surface area contributed by atoms with E-state index in [1.165, 1.54) is 0 Å². The van der Waals surface area contributed by atoms with Crippen molar-refractivity contribution in [3.63, 3.8) is 0 Å². The number of hydrogen-bond donors (Lipinski definition) is 4. The van der Waals surface area contributed by atoms with Crippen LogP contribution < -0.4 is 0 Å². The zero-order valence-corrected chi connectivity index (χ0v) is 6.12. The zero-order chi connectivity index (χ0) is 9.30. The van der Waals surface area contributed by atoms with Crippen LogP contribution in [0.1, 0.15) is 6.42 Å². The Bertz CT molecular complexity index is 169. The van der Waals surface area contributed by atoms with Crippen LogP contribution in [0.2, 0.25) is 0 Å². The first-order chi connectivity index (χ1) is 5.52. The van der Waals surface area contributed by atoms with Crippen LogP contribution in [0, 0.1) is 0 Å². The fraction of sp³-hybridized carbons (Fsp3) is 0.833. The molecule has 0 spiro atoms. The second kappa shape index (κ2) is 3.36. The van der Waals surface area contributed by atoms with Gasteiger partial charge >= 0.3 is 5.97 Å². The summed E-state index contributed by atoms with van der Waals surface area (Å²) in [5.74, 6) is -1.26. The van der Waals surface area contributed by atoms with E-state index in [1.54, 1.807) is 0 Å². The van der Waals surface area contributed by atoms with Crippen LogP contribution in [0.3, 0.4) is 0 Å². The number of aliphatic carboxylic acids is 1. The zero-order valence-electron chi connectivity index (χ0n) is 6.12. The Hall–Kier alpha value is -0.690. The molecule has 1 saturated heterocycles. The Labute approximate surface area is 68.0 Å². The summed E-state index contributed by atoms with van der Waals surface area (Å²) < 4.78 is 4.48. The summed E-state index contributed by atoms with van der Waals surface area (Å²) in [6, 6.07) is 0. The van der Waals surface area contributed by atoms with Crippen LogP contribution in [-0.2, 0) is 9.53 Å². The van der Waals surface area contributed by atoms with Gasteiger partial charge in [-0.15, -0.1) is 0 Å². The van der Waals surface area contributed by atoms with Gasteiger partial charge in [-0.1, -0.05) is 0 Å². The molecule has 1 aliphatic rings. The highest BCUT2D eigenvalue weighted by molar-refractivity contribution is 5.72. The van der Waals surface area contributed by atoms with Crippen LogP contribution in [0.15, 0.2) is 0 Å². The SMILES string of the molecule is O=C(O)C1C[C@H](O)C(O)[C@H](O)O1. The lowest BCUT2D eigenvalue weighted by Gasteiger charge is -2.32. The minimum atomic E-state index is -1.63. The normalized spacial score (nSPS) is 42.6. The summed E-state index contributed by atoms with van der Waals surface area (Å²) in [4.78, 5) is 10.3. The van der Waals surface area contributed by atoms with Gasteiger partial charge in [0.2, 0.25) is 0 Å². The van der Waals surface area contributed by atoms with Crippen LogP contribution in [0.25, 0.3) is 0 Å². The van der Waals surface area contributed by atoms with E-state index >= 15 is 0 Å². The van der Waals surface area contributed by atoms with E-state index < -0.39 is 30.6 Å². The topological polar surface area (TPSA) is 107 Å². The molecule has 0 aromatic carbocycles. The Balaban J connectivity index is 2.59. The van der Waals surface area contributed by atoms with E-state index in [4.69, 9.17) is 20.4 Å². The second-order valence-electron chi connectivity index (χ2n) is 2.65. The summed E-state index contributed by atoms with van der Waals surface area (Å²) >= 11 is 0. The van der Waals surface area contributed by atoms with Gasteiger partial charge < -0.3 is 25.2 Å². The Morgan fingerprint density at radius 2 is 1.92 bits per heavy atom. The van der Waals surface area contributed by atoms with Crippen molar-refractivity contribution in [2.24, 2.45) is 0 Å². The van der Waals surface area contributed by atoms with E-state index in [-0.39, 0.29) is 6.42 Å². The molecule has 6 heteroatoms. The third-order valence-corrected chi connectivity index (χ3v) is 1.72. The van der Waals surface area contributed by atoms with Crippen molar-refractivity contribution < 1.29 is 30.0 Å². The molecular weight excluding hydrogens is 168 g/mol. The van der Waals surface area contributed by atoms with Crippen LogP contribution in [0.5, 0.6) is 0 Å². The number of aliphatic hydroxyl groups is 3. The molecular formula is C6H10O6. The first-order valence-corrected chi connectivity index (χ1v) is 3.45. The summed E-state index contributed by atoms with van der Waals surface area (Å²) in [7, 11) is 0. The minimum absolute atomic E-state index is 0.215. The molecule has 1 aliphatic heterocycles. The molecule has 12 heavy (non-hydrogen) atoms. The Morgan fingerprint density at radius 1 is 1.33 bits per heavy atom. The van der Waals surface area contributed by atoms with Crippen LogP contribution >= 0.6 is 0 Å². The lowest BCUT2D eigenvalue weighted by Crippen LogP contribution is -2.50. The maximum atomic E-state index is 10.3. The molecule has 6 nitrogen and oxygen atoms in total. The van der Waals surface area contributed by atoms with E-state index in [2.05, 4.69) is 4.74 Å². The van der Waals surface area contributed by atoms with Crippen LogP contribution in [-0.4, -0.2) is 51.0 Å². The number of carboxylic acids is 1. The largest absolute Gasteiger partial charge is 0.479 e. The van der Waals surface area contributed by atoms with Gasteiger partial charge in [-0.3, -0.25) is 0 Å². The molecule has 1 rings (SSSR count). The van der Waals surface area contributed by atoms with E-state index in [0.717, 1.165) is 0 Å². The van der Waals surface area contributed by atoms with Gasteiger partial charge in [-0.2, -0.15) is 0 Å². The molecule has 0 saturated carbocycles. The van der Waals surface area contributed by atoms with Gasteiger partial charge in [0, 0.05) is 6.42 Å². The summed E-state index contributed by atoms with van der Waals surface area (Å²) in [6.07, 6.45) is -5.78. The molecule has 4 atom stereocenters. The van der Waals surface area contributed by atoms with E-state index in [9.17, 15) is 4.79 Å². The van der Waals surface area contributed by atoms with Crippen molar-refractivity contribution in [1.82, 2.24) is 0 Å². The third-order valence-electron chi connectivity index (χ3n) is 1.72. The first-order valence-electron chi connectivity index (χ1n) is 3.45. The van der Waals surface area contributed by atoms with Gasteiger partial charge in [-0.05, 0) is 0 Å². The van der Waals surface area contributed by atoms with Gasteiger partial charge in [0.1, 0.15) is 6.10 Å². The fourth-order valence-electron chi connectivity index (χ4n) is 1.01. The van der Waals surface area contributed by atoms with Crippen molar-refractivity contribution in [2.75, 3.05) is 0 Å². The number of carbonyl (C=O) groups is 1. The highest BCUT2D eigenvalue weighted by Crippen LogP contribution is 2.18. The minimum Gasteiger partial charge on any atom is -0.479 e. The summed E-state index contributed by atoms with van der Waals surface area (Å²) in [5.41, 5.74) is 0. The van der Waals surface area contributed by atoms with E-state index in [0.29, 0.717) is 0 Å². The number of rotatable bonds is 1. The molecule has 0 aliphatic carbocycles. The highest BCUT2D eigenvalue weighted by Gasteiger charge is 2.38. The lowest BCUT2D eigenvalue weighted by molar-refractivity contribution is -0.248. The Kier molecular flexibility index (Phi) is 2.63. The molecule has 2 unspecified atom stereocenters. The van der Waals surface area contributed by atoms with Crippen LogP contribution in [0.4, 0.5) is 0 Å². The third kappa shape index (κ3) is 1.72. The van der Waals surface area contributed by atoms with Gasteiger partial charge in [0.05, 0.1) is 6.10 Å². The quantitative estimate of drug-likeness (QED) is 0.366. The highest BCUT2D eigenvalue weighted by atomic mass is 16.6. The summed E-state index contributed by atoms with van der Waals surface area (Å²) in [6.45, 7) is 0. The molecule has 0 radical (unpaired) electrons. The van der Waals surface area contributed by atoms with E-state index in [1.807, 2.05) is 0 Å². The standard InChI is InChI=1S/C6H10O6/c7-2-1-3(5(9)10)12-6(11)4(2)8/h2-4,6-8,11H,1H2,(H,9,10)/t2-,3?,4?,6+/m0/s1. The average Bonchev–Trinajstić information content (AvgIpc) is 1.99. The average molecular weight is 178 g/mol. The van der Waals surface area contributed by atoms with Gasteiger partial charge in [0.25, 0.3) is 0 Å². The predicted octanol–water partition coefficient (Wildman–Crippen LogP) is -2.10. The molecule has 0 amide bonds. The number of aliphatic hydroxyl groups excluding tert-OH is 3. The maximum absolute atomic E-state index is 10.3. The molecule has 0 aromatic rings. The van der Waals surface area contributed by atoms with Crippen molar-refractivity contribution in [3.05, 3.63) is 0 Å². The maximum Gasteiger partial charge on any atom is 0.333 e. The Morgan fingerprint density at radius 3 is 2.33 bits per heavy atom. The molecule has 1 heterocycles. The molecule has 4 N–H and O–H groups in total. The number of carboxylic acid groups (broad SMARTS) is 1. The predicted molar refractivity (Wildman–Crippen MR) is 35.1 cm³/mol. The van der Waals surface area contributed by atoms with Crippen molar-refractivity contribution in [2.45, 2.75) is 31.0 Å². The van der Waals surface area contributed by atoms with Crippen molar-refractivity contribution in [3.8, 4) is 0 Å². The monoisotopic (exact) mass is 178 g/mol. The van der Waals surface area contributed by atoms with Gasteiger partial charge in [0.15, 0.2) is 12.4 Å². The fourth-order valence-corrected chi connectivity index (χ4v) is 1.01.